The average molecular weight is 307 g/mol. The molecule has 2 N–H and O–H groups in total. The van der Waals surface area contributed by atoms with Crippen molar-refractivity contribution in [3.05, 3.63) is 29.3 Å². The van der Waals surface area contributed by atoms with Crippen LogP contribution in [-0.2, 0) is 6.18 Å². The summed E-state index contributed by atoms with van der Waals surface area (Å²) in [6, 6.07) is 3.20. The van der Waals surface area contributed by atoms with Gasteiger partial charge < -0.3 is 10.4 Å². The molecule has 20 heavy (non-hydrogen) atoms. The third-order valence-corrected chi connectivity index (χ3v) is 3.37. The second kappa shape index (κ2) is 6.88. The zero-order valence-electron chi connectivity index (χ0n) is 11.1. The van der Waals surface area contributed by atoms with E-state index in [9.17, 15) is 18.0 Å². The van der Waals surface area contributed by atoms with Gasteiger partial charge in [0.2, 0.25) is 0 Å². The molecule has 1 aromatic rings. The molecule has 112 valence electrons. The first-order valence-electron chi connectivity index (χ1n) is 5.95. The summed E-state index contributed by atoms with van der Waals surface area (Å²) >= 11 is 1.66. The molecule has 1 rings (SSSR count). The molecule has 1 aromatic carbocycles. The van der Waals surface area contributed by atoms with Crippen LogP contribution in [-0.4, -0.2) is 29.1 Å². The van der Waals surface area contributed by atoms with E-state index < -0.39 is 23.3 Å². The van der Waals surface area contributed by atoms with Crippen LogP contribution in [0.15, 0.2) is 18.2 Å². The van der Waals surface area contributed by atoms with E-state index in [4.69, 9.17) is 5.11 Å². The van der Waals surface area contributed by atoms with Gasteiger partial charge in [-0.25, -0.2) is 4.79 Å². The number of hydrogen-bond donors (Lipinski definition) is 2. The minimum Gasteiger partial charge on any atom is -0.478 e. The summed E-state index contributed by atoms with van der Waals surface area (Å²) in [5.74, 6) is -0.688. The van der Waals surface area contributed by atoms with E-state index in [1.807, 2.05) is 13.2 Å². The third-order valence-electron chi connectivity index (χ3n) is 2.72. The molecule has 0 radical (unpaired) electrons. The smallest absolute Gasteiger partial charge is 0.417 e. The van der Waals surface area contributed by atoms with Gasteiger partial charge in [-0.3, -0.25) is 0 Å². The van der Waals surface area contributed by atoms with E-state index >= 15 is 0 Å². The predicted molar refractivity (Wildman–Crippen MR) is 74.5 cm³/mol. The molecule has 0 aliphatic rings. The van der Waals surface area contributed by atoms with Gasteiger partial charge in [0.05, 0.1) is 11.1 Å². The molecule has 0 spiro atoms. The van der Waals surface area contributed by atoms with Gasteiger partial charge in [-0.05, 0) is 43.6 Å². The van der Waals surface area contributed by atoms with Gasteiger partial charge in [-0.2, -0.15) is 24.9 Å². The van der Waals surface area contributed by atoms with E-state index in [2.05, 4.69) is 5.32 Å². The number of anilines is 1. The predicted octanol–water partition coefficient (Wildman–Crippen LogP) is 3.96. The van der Waals surface area contributed by atoms with Crippen molar-refractivity contribution in [1.82, 2.24) is 0 Å². The summed E-state index contributed by atoms with van der Waals surface area (Å²) in [5.41, 5.74) is -1.59. The minimum atomic E-state index is -4.69. The van der Waals surface area contributed by atoms with E-state index in [-0.39, 0.29) is 11.7 Å². The molecule has 0 bridgehead atoms. The largest absolute Gasteiger partial charge is 0.478 e. The third kappa shape index (κ3) is 4.63. The van der Waals surface area contributed by atoms with Gasteiger partial charge in [0, 0.05) is 11.7 Å². The monoisotopic (exact) mass is 307 g/mol. The molecular formula is C13H16F3NO2S. The molecule has 1 atom stereocenters. The number of carbonyl (C=O) groups is 1. The van der Waals surface area contributed by atoms with Gasteiger partial charge in [-0.1, -0.05) is 0 Å². The molecule has 0 heterocycles. The summed E-state index contributed by atoms with van der Waals surface area (Å²) in [7, 11) is 0. The van der Waals surface area contributed by atoms with Crippen molar-refractivity contribution in [2.45, 2.75) is 25.6 Å². The van der Waals surface area contributed by atoms with Crippen molar-refractivity contribution in [1.29, 1.82) is 0 Å². The number of carboxylic acid groups (broad SMARTS) is 1. The average Bonchev–Trinajstić information content (AvgIpc) is 2.35. The zero-order chi connectivity index (χ0) is 15.3. The fourth-order valence-corrected chi connectivity index (χ4v) is 2.30. The van der Waals surface area contributed by atoms with Crippen molar-refractivity contribution >= 4 is 23.4 Å². The highest BCUT2D eigenvalue weighted by molar-refractivity contribution is 7.98. The number of carboxylic acids is 1. The number of thioether (sulfide) groups is 1. The summed E-state index contributed by atoms with van der Waals surface area (Å²) in [6.45, 7) is 1.87. The Morgan fingerprint density at radius 1 is 1.45 bits per heavy atom. The minimum absolute atomic E-state index is 0.0132. The number of benzene rings is 1. The van der Waals surface area contributed by atoms with Crippen LogP contribution in [0.25, 0.3) is 0 Å². The first kappa shape index (κ1) is 16.7. The van der Waals surface area contributed by atoms with E-state index in [1.165, 1.54) is 6.07 Å². The summed E-state index contributed by atoms with van der Waals surface area (Å²) in [4.78, 5) is 10.8. The van der Waals surface area contributed by atoms with Crippen molar-refractivity contribution in [2.24, 2.45) is 0 Å². The van der Waals surface area contributed by atoms with E-state index in [0.717, 1.165) is 24.3 Å². The highest BCUT2D eigenvalue weighted by atomic mass is 32.2. The first-order valence-corrected chi connectivity index (χ1v) is 7.35. The highest BCUT2D eigenvalue weighted by Gasteiger charge is 2.35. The zero-order valence-corrected chi connectivity index (χ0v) is 11.9. The second-order valence-corrected chi connectivity index (χ2v) is 5.38. The fourth-order valence-electron chi connectivity index (χ4n) is 1.71. The quantitative estimate of drug-likeness (QED) is 0.835. The van der Waals surface area contributed by atoms with Crippen LogP contribution >= 0.6 is 11.8 Å². The van der Waals surface area contributed by atoms with Crippen LogP contribution in [0, 0.1) is 0 Å². The van der Waals surface area contributed by atoms with Crippen molar-refractivity contribution < 1.29 is 23.1 Å². The number of halogens is 3. The summed E-state index contributed by atoms with van der Waals surface area (Å²) in [6.07, 6.45) is -1.92. The molecule has 7 heteroatoms. The molecule has 1 unspecified atom stereocenters. The topological polar surface area (TPSA) is 49.3 Å². The first-order chi connectivity index (χ1) is 9.25. The van der Waals surface area contributed by atoms with Crippen LogP contribution < -0.4 is 5.32 Å². The molecule has 0 fully saturated rings. The normalized spacial score (nSPS) is 13.1. The Morgan fingerprint density at radius 3 is 2.60 bits per heavy atom. The number of hydrogen-bond acceptors (Lipinski definition) is 3. The molecule has 0 amide bonds. The number of rotatable bonds is 6. The second-order valence-electron chi connectivity index (χ2n) is 4.39. The van der Waals surface area contributed by atoms with E-state index in [0.29, 0.717) is 0 Å². The van der Waals surface area contributed by atoms with Gasteiger partial charge in [-0.15, -0.1) is 0 Å². The van der Waals surface area contributed by atoms with Crippen LogP contribution in [0.4, 0.5) is 18.9 Å². The Kier molecular flexibility index (Phi) is 5.74. The maximum atomic E-state index is 12.8. The molecule has 0 saturated carbocycles. The van der Waals surface area contributed by atoms with Crippen LogP contribution in [0.3, 0.4) is 0 Å². The van der Waals surface area contributed by atoms with Crippen molar-refractivity contribution in [3.8, 4) is 0 Å². The molecule has 0 aromatic heterocycles. The number of aromatic carboxylic acids is 1. The number of alkyl halides is 3. The Morgan fingerprint density at radius 2 is 2.10 bits per heavy atom. The Hall–Kier alpha value is -1.37. The maximum Gasteiger partial charge on any atom is 0.417 e. The Balaban J connectivity index is 2.98. The lowest BCUT2D eigenvalue weighted by atomic mass is 10.1. The molecule has 0 aliphatic carbocycles. The fraction of sp³-hybridized carbons (Fsp3) is 0.462. The highest BCUT2D eigenvalue weighted by Crippen LogP contribution is 2.34. The standard InChI is InChI=1S/C13H16F3NO2S/c1-8(5-6-20-2)17-9-3-4-10(12(18)19)11(7-9)13(14,15)16/h3-4,7-8,17H,5-6H2,1-2H3,(H,18,19). The van der Waals surface area contributed by atoms with Gasteiger partial charge >= 0.3 is 12.1 Å². The summed E-state index contributed by atoms with van der Waals surface area (Å²) in [5, 5.41) is 11.7. The lowest BCUT2D eigenvalue weighted by Crippen LogP contribution is -2.18. The van der Waals surface area contributed by atoms with Gasteiger partial charge in [0.1, 0.15) is 0 Å². The lowest BCUT2D eigenvalue weighted by molar-refractivity contribution is -0.138. The van der Waals surface area contributed by atoms with Crippen molar-refractivity contribution in [3.63, 3.8) is 0 Å². The van der Waals surface area contributed by atoms with Crippen LogP contribution in [0.2, 0.25) is 0 Å². The summed E-state index contributed by atoms with van der Waals surface area (Å²) < 4.78 is 38.5. The molecule has 0 saturated heterocycles. The Labute approximate surface area is 119 Å². The maximum absolute atomic E-state index is 12.8. The van der Waals surface area contributed by atoms with Gasteiger partial charge in [0.15, 0.2) is 0 Å². The molecule has 0 aliphatic heterocycles. The van der Waals surface area contributed by atoms with Crippen molar-refractivity contribution in [2.75, 3.05) is 17.3 Å². The Bertz CT molecular complexity index is 477. The molecule has 3 nitrogen and oxygen atoms in total. The van der Waals surface area contributed by atoms with E-state index in [1.54, 1.807) is 11.8 Å². The SMILES string of the molecule is CSCCC(C)Nc1ccc(C(=O)O)c(C(F)(F)F)c1. The number of nitrogens with one attached hydrogen (secondary N) is 1. The molecular weight excluding hydrogens is 291 g/mol. The van der Waals surface area contributed by atoms with Gasteiger partial charge in [0.25, 0.3) is 0 Å². The lowest BCUT2D eigenvalue weighted by Gasteiger charge is -2.17. The van der Waals surface area contributed by atoms with Crippen LogP contribution in [0.5, 0.6) is 0 Å². The van der Waals surface area contributed by atoms with Crippen LogP contribution in [0.1, 0.15) is 29.3 Å².